The van der Waals surface area contributed by atoms with Crippen LogP contribution in [0.5, 0.6) is 11.5 Å². The van der Waals surface area contributed by atoms with Gasteiger partial charge < -0.3 is 19.5 Å². The number of hydrogen-bond acceptors (Lipinski definition) is 5. The fraction of sp³-hybridized carbons (Fsp3) is 0.200. The van der Waals surface area contributed by atoms with E-state index < -0.39 is 30.6 Å². The number of carbonyl (C=O) groups excluding carboxylic acids is 2. The molecule has 6 nitrogen and oxygen atoms in total. The summed E-state index contributed by atoms with van der Waals surface area (Å²) in [5.41, 5.74) is 1.79. The first-order valence-electron chi connectivity index (χ1n) is 9.93. The largest absolute Gasteiger partial charge is 0.497 e. The minimum atomic E-state index is -0.832. The van der Waals surface area contributed by atoms with Crippen molar-refractivity contribution in [3.63, 3.8) is 0 Å². The van der Waals surface area contributed by atoms with Gasteiger partial charge in [-0.25, -0.2) is 4.79 Å². The van der Waals surface area contributed by atoms with Crippen LogP contribution >= 0.6 is 0 Å². The van der Waals surface area contributed by atoms with Gasteiger partial charge in [0.1, 0.15) is 11.5 Å². The molecule has 1 amide bonds. The maximum atomic E-state index is 12.6. The highest BCUT2D eigenvalue weighted by atomic mass is 16.6. The lowest BCUT2D eigenvalue weighted by atomic mass is 9.98. The Balaban J connectivity index is 1.61. The molecule has 0 unspecified atom stereocenters. The number of esters is 1. The molecule has 2 atom stereocenters. The third-order valence-electron chi connectivity index (χ3n) is 4.62. The van der Waals surface area contributed by atoms with E-state index in [1.165, 1.54) is 0 Å². The second-order valence-electron chi connectivity index (χ2n) is 6.87. The van der Waals surface area contributed by atoms with E-state index in [0.717, 1.165) is 16.9 Å². The van der Waals surface area contributed by atoms with Crippen molar-refractivity contribution in [2.75, 3.05) is 13.7 Å². The van der Waals surface area contributed by atoms with E-state index in [1.807, 2.05) is 72.8 Å². The van der Waals surface area contributed by atoms with Gasteiger partial charge >= 0.3 is 5.97 Å². The van der Waals surface area contributed by atoms with Gasteiger partial charge in [0.05, 0.1) is 13.2 Å². The average molecular weight is 419 g/mol. The smallest absolute Gasteiger partial charge is 0.347 e. The predicted octanol–water partition coefficient (Wildman–Crippen LogP) is 3.91. The maximum Gasteiger partial charge on any atom is 0.347 e. The molecule has 3 aromatic rings. The van der Waals surface area contributed by atoms with Crippen molar-refractivity contribution >= 4 is 11.9 Å². The Kier molecular flexibility index (Phi) is 7.65. The molecule has 0 saturated heterocycles. The van der Waals surface area contributed by atoms with Crippen LogP contribution in [0.4, 0.5) is 0 Å². The Morgan fingerprint density at radius 1 is 0.806 bits per heavy atom. The van der Waals surface area contributed by atoms with Crippen LogP contribution in [0.3, 0.4) is 0 Å². The zero-order valence-electron chi connectivity index (χ0n) is 17.5. The van der Waals surface area contributed by atoms with Gasteiger partial charge in [-0.2, -0.15) is 0 Å². The second-order valence-corrected chi connectivity index (χ2v) is 6.87. The zero-order valence-corrected chi connectivity index (χ0v) is 17.5. The molecule has 31 heavy (non-hydrogen) atoms. The average Bonchev–Trinajstić information content (AvgIpc) is 2.82. The van der Waals surface area contributed by atoms with E-state index in [2.05, 4.69) is 5.32 Å². The molecule has 0 aliphatic heterocycles. The van der Waals surface area contributed by atoms with Gasteiger partial charge in [-0.3, -0.25) is 4.79 Å². The second kappa shape index (κ2) is 10.8. The Hall–Kier alpha value is -3.80. The molecule has 1 N–H and O–H groups in total. The Labute approximate surface area is 181 Å². The molecular weight excluding hydrogens is 394 g/mol. The number of nitrogens with one attached hydrogen (secondary N) is 1. The van der Waals surface area contributed by atoms with Crippen molar-refractivity contribution < 1.29 is 23.8 Å². The summed E-state index contributed by atoms with van der Waals surface area (Å²) in [6.07, 6.45) is -0.832. The van der Waals surface area contributed by atoms with E-state index in [4.69, 9.17) is 14.2 Å². The normalized spacial score (nSPS) is 12.3. The molecule has 3 aromatic carbocycles. The molecule has 0 aliphatic carbocycles. The number of para-hydroxylation sites is 1. The van der Waals surface area contributed by atoms with Crippen molar-refractivity contribution in [3.05, 3.63) is 96.1 Å². The topological polar surface area (TPSA) is 73.9 Å². The molecule has 3 rings (SSSR count). The molecule has 0 radical (unpaired) electrons. The first kappa shape index (κ1) is 21.9. The van der Waals surface area contributed by atoms with Gasteiger partial charge in [0.25, 0.3) is 5.91 Å². The standard InChI is InChI=1S/C25H25NO5/c1-18(31-22-11-7-4-8-12-22)25(28)30-17-23(27)26-24(19-9-5-3-6-10-19)20-13-15-21(29-2)16-14-20/h3-16,18,24H,17H2,1-2H3,(H,26,27)/t18-,24-/m1/s1. The van der Waals surface area contributed by atoms with Crippen LogP contribution in [0.1, 0.15) is 24.1 Å². The van der Waals surface area contributed by atoms with Crippen molar-refractivity contribution in [2.24, 2.45) is 0 Å². The van der Waals surface area contributed by atoms with Crippen molar-refractivity contribution in [3.8, 4) is 11.5 Å². The lowest BCUT2D eigenvalue weighted by Gasteiger charge is -2.20. The molecule has 0 saturated carbocycles. The number of carbonyl (C=O) groups is 2. The minimum Gasteiger partial charge on any atom is -0.497 e. The van der Waals surface area contributed by atoms with Crippen LogP contribution in [0.2, 0.25) is 0 Å². The molecule has 0 aliphatic rings. The third kappa shape index (κ3) is 6.34. The lowest BCUT2D eigenvalue weighted by molar-refractivity contribution is -0.154. The minimum absolute atomic E-state index is 0.392. The third-order valence-corrected chi connectivity index (χ3v) is 4.62. The van der Waals surface area contributed by atoms with E-state index >= 15 is 0 Å². The predicted molar refractivity (Wildman–Crippen MR) is 117 cm³/mol. The summed E-state index contributed by atoms with van der Waals surface area (Å²) in [5, 5.41) is 2.93. The van der Waals surface area contributed by atoms with Crippen molar-refractivity contribution in [1.29, 1.82) is 0 Å². The zero-order chi connectivity index (χ0) is 22.1. The number of amides is 1. The molecule has 160 valence electrons. The van der Waals surface area contributed by atoms with Gasteiger partial charge in [-0.05, 0) is 42.3 Å². The van der Waals surface area contributed by atoms with Crippen LogP contribution in [0.25, 0.3) is 0 Å². The first-order valence-corrected chi connectivity index (χ1v) is 9.93. The summed E-state index contributed by atoms with van der Waals surface area (Å²) >= 11 is 0. The van der Waals surface area contributed by atoms with Gasteiger partial charge in [-0.1, -0.05) is 60.7 Å². The van der Waals surface area contributed by atoms with Crippen LogP contribution in [-0.4, -0.2) is 31.7 Å². The van der Waals surface area contributed by atoms with Crippen LogP contribution in [0, 0.1) is 0 Å². The molecule has 6 heteroatoms. The number of rotatable bonds is 9. The van der Waals surface area contributed by atoms with Crippen molar-refractivity contribution in [1.82, 2.24) is 5.32 Å². The van der Waals surface area contributed by atoms with Crippen LogP contribution < -0.4 is 14.8 Å². The Morgan fingerprint density at radius 3 is 2.00 bits per heavy atom. The Morgan fingerprint density at radius 2 is 1.39 bits per heavy atom. The number of methoxy groups -OCH3 is 1. The summed E-state index contributed by atoms with van der Waals surface area (Å²) in [7, 11) is 1.60. The fourth-order valence-corrected chi connectivity index (χ4v) is 3.01. The highest BCUT2D eigenvalue weighted by Crippen LogP contribution is 2.24. The fourth-order valence-electron chi connectivity index (χ4n) is 3.01. The van der Waals surface area contributed by atoms with Crippen LogP contribution in [-0.2, 0) is 14.3 Å². The molecular formula is C25H25NO5. The van der Waals surface area contributed by atoms with Gasteiger partial charge in [-0.15, -0.1) is 0 Å². The molecule has 0 aromatic heterocycles. The molecule has 0 fully saturated rings. The number of hydrogen-bond donors (Lipinski definition) is 1. The number of ether oxygens (including phenoxy) is 3. The van der Waals surface area contributed by atoms with Crippen molar-refractivity contribution in [2.45, 2.75) is 19.1 Å². The quantitative estimate of drug-likeness (QED) is 0.533. The first-order chi connectivity index (χ1) is 15.1. The van der Waals surface area contributed by atoms with Gasteiger partial charge in [0.15, 0.2) is 12.7 Å². The maximum absolute atomic E-state index is 12.6. The molecule has 0 bridgehead atoms. The molecule has 0 heterocycles. The monoisotopic (exact) mass is 419 g/mol. The summed E-state index contributed by atoms with van der Waals surface area (Å²) in [6, 6.07) is 25.6. The lowest BCUT2D eigenvalue weighted by Crippen LogP contribution is -2.35. The highest BCUT2D eigenvalue weighted by molar-refractivity contribution is 5.82. The van der Waals surface area contributed by atoms with Gasteiger partial charge in [0, 0.05) is 0 Å². The van der Waals surface area contributed by atoms with E-state index in [-0.39, 0.29) is 0 Å². The van der Waals surface area contributed by atoms with E-state index in [1.54, 1.807) is 26.2 Å². The summed E-state index contributed by atoms with van der Waals surface area (Å²) in [6.45, 7) is 1.18. The highest BCUT2D eigenvalue weighted by Gasteiger charge is 2.21. The summed E-state index contributed by atoms with van der Waals surface area (Å²) < 4.78 is 15.9. The number of benzene rings is 3. The SMILES string of the molecule is COc1ccc([C@H](NC(=O)COC(=O)[C@@H](C)Oc2ccccc2)c2ccccc2)cc1. The Bertz CT molecular complexity index is 974. The summed E-state index contributed by atoms with van der Waals surface area (Å²) in [5.74, 6) is 0.257. The van der Waals surface area contributed by atoms with E-state index in [0.29, 0.717) is 5.75 Å². The summed E-state index contributed by atoms with van der Waals surface area (Å²) in [4.78, 5) is 24.8. The molecule has 0 spiro atoms. The van der Waals surface area contributed by atoms with Gasteiger partial charge in [0.2, 0.25) is 0 Å². The van der Waals surface area contributed by atoms with Crippen LogP contribution in [0.15, 0.2) is 84.9 Å². The van der Waals surface area contributed by atoms with E-state index in [9.17, 15) is 9.59 Å².